The SMILES string of the molecule is COc1ccc(C(=O)N(CCNC(C)=O)C(C)C(=O)O)cc1OC1CCCC1. The maximum absolute atomic E-state index is 13.0. The summed E-state index contributed by atoms with van der Waals surface area (Å²) in [6, 6.07) is 3.79. The van der Waals surface area contributed by atoms with Gasteiger partial charge in [0, 0.05) is 25.6 Å². The van der Waals surface area contributed by atoms with E-state index in [1.807, 2.05) is 0 Å². The third-order valence-electron chi connectivity index (χ3n) is 4.82. The van der Waals surface area contributed by atoms with Crippen LogP contribution in [0.5, 0.6) is 11.5 Å². The van der Waals surface area contributed by atoms with Gasteiger partial charge in [-0.2, -0.15) is 0 Å². The quantitative estimate of drug-likeness (QED) is 0.667. The van der Waals surface area contributed by atoms with Crippen LogP contribution in [0.3, 0.4) is 0 Å². The summed E-state index contributed by atoms with van der Waals surface area (Å²) in [7, 11) is 1.53. The summed E-state index contributed by atoms with van der Waals surface area (Å²) in [5.41, 5.74) is 0.310. The van der Waals surface area contributed by atoms with Crippen molar-refractivity contribution in [2.45, 2.75) is 51.7 Å². The molecule has 0 spiro atoms. The number of amides is 2. The molecule has 0 aromatic heterocycles. The second-order valence-corrected chi connectivity index (χ2v) is 6.89. The van der Waals surface area contributed by atoms with Gasteiger partial charge in [0.25, 0.3) is 5.91 Å². The summed E-state index contributed by atoms with van der Waals surface area (Å²) in [5.74, 6) is -0.803. The molecule has 0 bridgehead atoms. The second kappa shape index (κ2) is 9.96. The zero-order valence-electron chi connectivity index (χ0n) is 16.6. The molecule has 0 heterocycles. The molecule has 1 atom stereocenters. The van der Waals surface area contributed by atoms with E-state index in [0.717, 1.165) is 25.7 Å². The molecule has 0 saturated heterocycles. The predicted octanol–water partition coefficient (Wildman–Crippen LogP) is 2.07. The van der Waals surface area contributed by atoms with E-state index in [1.54, 1.807) is 18.2 Å². The Hall–Kier alpha value is -2.77. The summed E-state index contributed by atoms with van der Waals surface area (Å²) in [4.78, 5) is 36.8. The number of aliphatic carboxylic acids is 1. The van der Waals surface area contributed by atoms with E-state index in [1.165, 1.54) is 25.9 Å². The van der Waals surface area contributed by atoms with Crippen LogP contribution in [-0.2, 0) is 9.59 Å². The van der Waals surface area contributed by atoms with Crippen LogP contribution in [-0.4, -0.2) is 60.1 Å². The molecule has 2 rings (SSSR count). The number of carboxylic acid groups (broad SMARTS) is 1. The second-order valence-electron chi connectivity index (χ2n) is 6.89. The average Bonchev–Trinajstić information content (AvgIpc) is 3.17. The van der Waals surface area contributed by atoms with Crippen LogP contribution in [0.25, 0.3) is 0 Å². The minimum absolute atomic E-state index is 0.0801. The maximum atomic E-state index is 13.0. The van der Waals surface area contributed by atoms with Crippen LogP contribution >= 0.6 is 0 Å². The molecule has 2 N–H and O–H groups in total. The Balaban J connectivity index is 2.23. The lowest BCUT2D eigenvalue weighted by Gasteiger charge is -2.27. The topological polar surface area (TPSA) is 105 Å². The lowest BCUT2D eigenvalue weighted by molar-refractivity contribution is -0.141. The maximum Gasteiger partial charge on any atom is 0.326 e. The zero-order valence-corrected chi connectivity index (χ0v) is 16.6. The molecule has 8 heteroatoms. The van der Waals surface area contributed by atoms with E-state index in [0.29, 0.717) is 17.1 Å². The Morgan fingerprint density at radius 1 is 1.25 bits per heavy atom. The van der Waals surface area contributed by atoms with Gasteiger partial charge in [0.2, 0.25) is 5.91 Å². The van der Waals surface area contributed by atoms with Gasteiger partial charge >= 0.3 is 5.97 Å². The average molecular weight is 392 g/mol. The minimum atomic E-state index is -1.12. The predicted molar refractivity (Wildman–Crippen MR) is 103 cm³/mol. The fourth-order valence-corrected chi connectivity index (χ4v) is 3.21. The Morgan fingerprint density at radius 2 is 1.93 bits per heavy atom. The highest BCUT2D eigenvalue weighted by atomic mass is 16.5. The largest absolute Gasteiger partial charge is 0.493 e. The van der Waals surface area contributed by atoms with Crippen molar-refractivity contribution in [1.29, 1.82) is 0 Å². The Morgan fingerprint density at radius 3 is 2.50 bits per heavy atom. The number of ether oxygens (including phenoxy) is 2. The third-order valence-corrected chi connectivity index (χ3v) is 4.82. The Bertz CT molecular complexity index is 715. The summed E-state index contributed by atoms with van der Waals surface area (Å²) in [6.45, 7) is 3.05. The van der Waals surface area contributed by atoms with E-state index in [9.17, 15) is 19.5 Å². The molecule has 28 heavy (non-hydrogen) atoms. The molecule has 1 saturated carbocycles. The lowest BCUT2D eigenvalue weighted by atomic mass is 10.1. The number of carbonyl (C=O) groups is 3. The van der Waals surface area contributed by atoms with Gasteiger partial charge in [0.05, 0.1) is 13.2 Å². The van der Waals surface area contributed by atoms with Crippen LogP contribution in [0.4, 0.5) is 0 Å². The van der Waals surface area contributed by atoms with Crippen molar-refractivity contribution in [3.63, 3.8) is 0 Å². The van der Waals surface area contributed by atoms with Crippen molar-refractivity contribution in [3.8, 4) is 11.5 Å². The normalized spacial score (nSPS) is 15.0. The van der Waals surface area contributed by atoms with Crippen molar-refractivity contribution in [2.24, 2.45) is 0 Å². The number of nitrogens with one attached hydrogen (secondary N) is 1. The van der Waals surface area contributed by atoms with Gasteiger partial charge in [-0.3, -0.25) is 9.59 Å². The van der Waals surface area contributed by atoms with E-state index in [2.05, 4.69) is 5.32 Å². The first-order valence-electron chi connectivity index (χ1n) is 9.46. The third kappa shape index (κ3) is 5.61. The fraction of sp³-hybridized carbons (Fsp3) is 0.550. The van der Waals surface area contributed by atoms with Crippen molar-refractivity contribution in [2.75, 3.05) is 20.2 Å². The van der Waals surface area contributed by atoms with Gasteiger partial charge < -0.3 is 24.8 Å². The minimum Gasteiger partial charge on any atom is -0.493 e. The van der Waals surface area contributed by atoms with E-state index >= 15 is 0 Å². The van der Waals surface area contributed by atoms with Crippen molar-refractivity contribution in [1.82, 2.24) is 10.2 Å². The van der Waals surface area contributed by atoms with Crippen LogP contribution in [0.1, 0.15) is 49.9 Å². The number of carbonyl (C=O) groups excluding carboxylic acids is 2. The number of nitrogens with zero attached hydrogens (tertiary/aromatic N) is 1. The van der Waals surface area contributed by atoms with Gasteiger partial charge in [-0.15, -0.1) is 0 Å². The van der Waals surface area contributed by atoms with Crippen molar-refractivity contribution in [3.05, 3.63) is 23.8 Å². The lowest BCUT2D eigenvalue weighted by Crippen LogP contribution is -2.46. The number of hydrogen-bond donors (Lipinski definition) is 2. The number of rotatable bonds is 9. The van der Waals surface area contributed by atoms with Crippen LogP contribution in [0, 0.1) is 0 Å². The van der Waals surface area contributed by atoms with Crippen LogP contribution in [0.2, 0.25) is 0 Å². The molecule has 1 aromatic rings. The van der Waals surface area contributed by atoms with E-state index in [-0.39, 0.29) is 25.1 Å². The molecule has 1 aliphatic rings. The molecule has 1 aromatic carbocycles. The molecule has 1 fully saturated rings. The molecule has 1 aliphatic carbocycles. The summed E-state index contributed by atoms with van der Waals surface area (Å²) < 4.78 is 11.4. The summed E-state index contributed by atoms with van der Waals surface area (Å²) >= 11 is 0. The number of benzene rings is 1. The van der Waals surface area contributed by atoms with E-state index in [4.69, 9.17) is 9.47 Å². The molecule has 0 radical (unpaired) electrons. The summed E-state index contributed by atoms with van der Waals surface area (Å²) in [5, 5.41) is 11.9. The molecule has 0 aliphatic heterocycles. The monoisotopic (exact) mass is 392 g/mol. The first-order chi connectivity index (χ1) is 13.3. The number of hydrogen-bond acceptors (Lipinski definition) is 5. The molecular formula is C20H28N2O6. The van der Waals surface area contributed by atoms with Crippen molar-refractivity contribution >= 4 is 17.8 Å². The number of methoxy groups -OCH3 is 1. The standard InChI is InChI=1S/C20H28N2O6/c1-13(20(25)26)22(11-10-21-14(2)23)19(24)15-8-9-17(27-3)18(12-15)28-16-6-4-5-7-16/h8-9,12-13,16H,4-7,10-11H2,1-3H3,(H,21,23)(H,25,26). The van der Waals surface area contributed by atoms with Gasteiger partial charge in [-0.05, 0) is 50.8 Å². The highest BCUT2D eigenvalue weighted by molar-refractivity contribution is 5.97. The molecule has 1 unspecified atom stereocenters. The zero-order chi connectivity index (χ0) is 20.7. The van der Waals surface area contributed by atoms with Crippen molar-refractivity contribution < 1.29 is 29.0 Å². The highest BCUT2D eigenvalue weighted by Gasteiger charge is 2.27. The fourth-order valence-electron chi connectivity index (χ4n) is 3.21. The highest BCUT2D eigenvalue weighted by Crippen LogP contribution is 2.32. The first-order valence-corrected chi connectivity index (χ1v) is 9.46. The van der Waals surface area contributed by atoms with Gasteiger partial charge in [0.15, 0.2) is 11.5 Å². The number of carboxylic acids is 1. The molecule has 8 nitrogen and oxygen atoms in total. The van der Waals surface area contributed by atoms with Gasteiger partial charge in [0.1, 0.15) is 6.04 Å². The van der Waals surface area contributed by atoms with E-state index < -0.39 is 17.9 Å². The summed E-state index contributed by atoms with van der Waals surface area (Å²) in [6.07, 6.45) is 4.23. The smallest absolute Gasteiger partial charge is 0.326 e. The van der Waals surface area contributed by atoms with Crippen LogP contribution in [0.15, 0.2) is 18.2 Å². The first kappa shape index (κ1) is 21.5. The molecule has 2 amide bonds. The Labute approximate surface area is 164 Å². The molecule has 154 valence electrons. The Kier molecular flexibility index (Phi) is 7.66. The van der Waals surface area contributed by atoms with Crippen LogP contribution < -0.4 is 14.8 Å². The molecular weight excluding hydrogens is 364 g/mol. The van der Waals surface area contributed by atoms with Gasteiger partial charge in [-0.1, -0.05) is 0 Å². The van der Waals surface area contributed by atoms with Gasteiger partial charge in [-0.25, -0.2) is 4.79 Å².